The van der Waals surface area contributed by atoms with Gasteiger partial charge in [0.25, 0.3) is 0 Å². The third kappa shape index (κ3) is 2.06. The van der Waals surface area contributed by atoms with E-state index in [9.17, 15) is 4.79 Å². The smallest absolute Gasteiger partial charge is 0.221 e. The number of anilines is 1. The highest BCUT2D eigenvalue weighted by molar-refractivity contribution is 5.88. The lowest BCUT2D eigenvalue weighted by atomic mass is 9.83. The molecule has 0 heterocycles. The standard InChI is InChI=1S/C13H14N2O/c1-9(16)15-12-5-6-13-10(7-12)3-2-4-11(13)8-14/h5-7,11H,2-4H2,1H3,(H,15,16)/t11-/m0/s1. The third-order valence-electron chi connectivity index (χ3n) is 2.93. The zero-order chi connectivity index (χ0) is 11.5. The first kappa shape index (κ1) is 10.7. The summed E-state index contributed by atoms with van der Waals surface area (Å²) >= 11 is 0. The van der Waals surface area contributed by atoms with Crippen LogP contribution in [0.5, 0.6) is 0 Å². The van der Waals surface area contributed by atoms with Crippen LogP contribution in [-0.2, 0) is 11.2 Å². The molecule has 2 rings (SSSR count). The fourth-order valence-corrected chi connectivity index (χ4v) is 2.23. The molecule has 1 aromatic rings. The van der Waals surface area contributed by atoms with Gasteiger partial charge in [-0.15, -0.1) is 0 Å². The Hall–Kier alpha value is -1.82. The molecule has 16 heavy (non-hydrogen) atoms. The maximum absolute atomic E-state index is 10.9. The van der Waals surface area contributed by atoms with E-state index in [1.807, 2.05) is 18.2 Å². The van der Waals surface area contributed by atoms with Crippen LogP contribution in [0, 0.1) is 11.3 Å². The van der Waals surface area contributed by atoms with Crippen molar-refractivity contribution >= 4 is 11.6 Å². The van der Waals surface area contributed by atoms with Gasteiger partial charge in [-0.25, -0.2) is 0 Å². The number of nitrogens with one attached hydrogen (secondary N) is 1. The molecule has 3 heteroatoms. The topological polar surface area (TPSA) is 52.9 Å². The average Bonchev–Trinajstić information content (AvgIpc) is 2.27. The fraction of sp³-hybridized carbons (Fsp3) is 0.385. The van der Waals surface area contributed by atoms with Gasteiger partial charge in [0, 0.05) is 12.6 Å². The van der Waals surface area contributed by atoms with Crippen LogP contribution in [0.25, 0.3) is 0 Å². The molecule has 1 N–H and O–H groups in total. The highest BCUT2D eigenvalue weighted by atomic mass is 16.1. The van der Waals surface area contributed by atoms with Gasteiger partial charge in [-0.05, 0) is 42.5 Å². The Kier molecular flexibility index (Phi) is 2.91. The van der Waals surface area contributed by atoms with E-state index in [-0.39, 0.29) is 11.8 Å². The predicted octanol–water partition coefficient (Wildman–Crippen LogP) is 2.59. The lowest BCUT2D eigenvalue weighted by molar-refractivity contribution is -0.114. The number of carbonyl (C=O) groups is 1. The number of benzene rings is 1. The van der Waals surface area contributed by atoms with Crippen molar-refractivity contribution in [2.24, 2.45) is 0 Å². The molecule has 1 aliphatic carbocycles. The summed E-state index contributed by atoms with van der Waals surface area (Å²) in [5.74, 6) is -0.0391. The Morgan fingerprint density at radius 2 is 2.38 bits per heavy atom. The lowest BCUT2D eigenvalue weighted by Crippen LogP contribution is -2.11. The monoisotopic (exact) mass is 214 g/mol. The molecule has 0 aliphatic heterocycles. The highest BCUT2D eigenvalue weighted by Crippen LogP contribution is 2.32. The molecule has 1 aliphatic rings. The van der Waals surface area contributed by atoms with Crippen LogP contribution in [0.4, 0.5) is 5.69 Å². The predicted molar refractivity (Wildman–Crippen MR) is 62.0 cm³/mol. The molecule has 0 saturated carbocycles. The summed E-state index contributed by atoms with van der Waals surface area (Å²) in [4.78, 5) is 10.9. The van der Waals surface area contributed by atoms with Gasteiger partial charge < -0.3 is 5.32 Å². The number of rotatable bonds is 1. The highest BCUT2D eigenvalue weighted by Gasteiger charge is 2.19. The Morgan fingerprint density at radius 3 is 3.06 bits per heavy atom. The van der Waals surface area contributed by atoms with Gasteiger partial charge in [0.2, 0.25) is 5.91 Å². The van der Waals surface area contributed by atoms with Crippen molar-refractivity contribution in [3.8, 4) is 6.07 Å². The molecular formula is C13H14N2O. The lowest BCUT2D eigenvalue weighted by Gasteiger charge is -2.21. The van der Waals surface area contributed by atoms with Crippen LogP contribution in [0.2, 0.25) is 0 Å². The number of amides is 1. The van der Waals surface area contributed by atoms with Crippen molar-refractivity contribution < 1.29 is 4.79 Å². The normalized spacial score (nSPS) is 18.4. The molecule has 0 aromatic heterocycles. The van der Waals surface area contributed by atoms with Crippen LogP contribution in [0.1, 0.15) is 36.8 Å². The third-order valence-corrected chi connectivity index (χ3v) is 2.93. The maximum Gasteiger partial charge on any atom is 0.221 e. The molecule has 1 aromatic carbocycles. The Bertz CT molecular complexity index is 459. The SMILES string of the molecule is CC(=O)Nc1ccc2c(c1)CCC[C@H]2C#N. The second-order valence-electron chi connectivity index (χ2n) is 4.17. The number of hydrogen-bond donors (Lipinski definition) is 1. The minimum Gasteiger partial charge on any atom is -0.326 e. The Balaban J connectivity index is 2.32. The van der Waals surface area contributed by atoms with Crippen LogP contribution in [0.3, 0.4) is 0 Å². The molecule has 3 nitrogen and oxygen atoms in total. The molecule has 0 unspecified atom stereocenters. The van der Waals surface area contributed by atoms with Crippen molar-refractivity contribution in [3.63, 3.8) is 0 Å². The molecule has 82 valence electrons. The van der Waals surface area contributed by atoms with Crippen LogP contribution in [-0.4, -0.2) is 5.91 Å². The van der Waals surface area contributed by atoms with E-state index < -0.39 is 0 Å². The minimum absolute atomic E-state index is 0.0233. The van der Waals surface area contributed by atoms with Crippen molar-refractivity contribution in [2.45, 2.75) is 32.1 Å². The molecule has 0 bridgehead atoms. The van der Waals surface area contributed by atoms with Crippen LogP contribution in [0.15, 0.2) is 18.2 Å². The van der Waals surface area contributed by atoms with E-state index >= 15 is 0 Å². The first-order valence-corrected chi connectivity index (χ1v) is 5.50. The quantitative estimate of drug-likeness (QED) is 0.781. The van der Waals surface area contributed by atoms with Gasteiger partial charge >= 0.3 is 0 Å². The second kappa shape index (κ2) is 4.36. The van der Waals surface area contributed by atoms with Gasteiger partial charge in [-0.3, -0.25) is 4.79 Å². The summed E-state index contributed by atoms with van der Waals surface area (Å²) < 4.78 is 0. The summed E-state index contributed by atoms with van der Waals surface area (Å²) in [5, 5.41) is 11.8. The molecule has 0 fully saturated rings. The first-order valence-electron chi connectivity index (χ1n) is 5.50. The van der Waals surface area contributed by atoms with Crippen molar-refractivity contribution in [2.75, 3.05) is 5.32 Å². The van der Waals surface area contributed by atoms with Crippen molar-refractivity contribution in [1.29, 1.82) is 5.26 Å². The Labute approximate surface area is 95.1 Å². The summed E-state index contributed by atoms with van der Waals surface area (Å²) in [7, 11) is 0. The van der Waals surface area contributed by atoms with Crippen LogP contribution < -0.4 is 5.32 Å². The fourth-order valence-electron chi connectivity index (χ4n) is 2.23. The van der Waals surface area contributed by atoms with Crippen molar-refractivity contribution in [1.82, 2.24) is 0 Å². The zero-order valence-corrected chi connectivity index (χ0v) is 9.29. The molecule has 1 atom stereocenters. The molecule has 0 spiro atoms. The number of nitrogens with zero attached hydrogens (tertiary/aromatic N) is 1. The number of carbonyl (C=O) groups excluding carboxylic acids is 1. The average molecular weight is 214 g/mol. The molecular weight excluding hydrogens is 200 g/mol. The minimum atomic E-state index is -0.0624. The van der Waals surface area contributed by atoms with Gasteiger partial charge in [0.05, 0.1) is 12.0 Å². The molecule has 0 radical (unpaired) electrons. The van der Waals surface area contributed by atoms with E-state index in [0.717, 1.165) is 30.5 Å². The Morgan fingerprint density at radius 1 is 1.56 bits per heavy atom. The number of fused-ring (bicyclic) bond motifs is 1. The second-order valence-corrected chi connectivity index (χ2v) is 4.17. The van der Waals surface area contributed by atoms with E-state index in [4.69, 9.17) is 5.26 Å². The van der Waals surface area contributed by atoms with E-state index in [1.165, 1.54) is 12.5 Å². The van der Waals surface area contributed by atoms with Gasteiger partial charge in [-0.2, -0.15) is 5.26 Å². The van der Waals surface area contributed by atoms with Gasteiger partial charge in [0.1, 0.15) is 0 Å². The van der Waals surface area contributed by atoms with E-state index in [0.29, 0.717) is 0 Å². The number of nitriles is 1. The number of hydrogen-bond acceptors (Lipinski definition) is 2. The zero-order valence-electron chi connectivity index (χ0n) is 9.29. The molecule has 0 saturated heterocycles. The number of aryl methyl sites for hydroxylation is 1. The summed E-state index contributed by atoms with van der Waals surface area (Å²) in [6.07, 6.45) is 3.00. The summed E-state index contributed by atoms with van der Waals surface area (Å²) in [6.45, 7) is 1.50. The molecule has 1 amide bonds. The summed E-state index contributed by atoms with van der Waals surface area (Å²) in [6, 6.07) is 8.16. The largest absolute Gasteiger partial charge is 0.326 e. The maximum atomic E-state index is 10.9. The van der Waals surface area contributed by atoms with Crippen molar-refractivity contribution in [3.05, 3.63) is 29.3 Å². The van der Waals surface area contributed by atoms with Gasteiger partial charge in [-0.1, -0.05) is 6.07 Å². The van der Waals surface area contributed by atoms with Gasteiger partial charge in [0.15, 0.2) is 0 Å². The van der Waals surface area contributed by atoms with E-state index in [1.54, 1.807) is 0 Å². The first-order chi connectivity index (χ1) is 7.70. The van der Waals surface area contributed by atoms with Crippen LogP contribution >= 0.6 is 0 Å². The van der Waals surface area contributed by atoms with E-state index in [2.05, 4.69) is 11.4 Å². The summed E-state index contributed by atoms with van der Waals surface area (Å²) in [5.41, 5.74) is 3.15.